The van der Waals surface area contributed by atoms with Gasteiger partial charge in [-0.15, -0.1) is 0 Å². The quantitative estimate of drug-likeness (QED) is 0.417. The molecular formula is C22H19Cl3SiTi. The zero-order chi connectivity index (χ0) is 19.1. The summed E-state index contributed by atoms with van der Waals surface area (Å²) < 4.78 is -0.531. The molecule has 1 atom stereocenters. The zero-order valence-corrected chi connectivity index (χ0v) is 19.7. The monoisotopic (exact) mass is 464 g/mol. The fourth-order valence-corrected chi connectivity index (χ4v) is 23.5. The van der Waals surface area contributed by atoms with Crippen LogP contribution >= 0.6 is 27.9 Å². The van der Waals surface area contributed by atoms with Gasteiger partial charge in [-0.05, 0) is 0 Å². The molecule has 4 rings (SSSR count). The SMILES string of the molecule is C[Si](c1ccccc1)(c1ccccc1)[C]1([Ti]([Cl])([Cl])[Cl])C=Cc2ccccc21. The predicted octanol–water partition coefficient (Wildman–Crippen LogP) is 5.96. The van der Waals surface area contributed by atoms with Crippen LogP contribution in [0.25, 0.3) is 6.08 Å². The van der Waals surface area contributed by atoms with Gasteiger partial charge in [-0.3, -0.25) is 0 Å². The Balaban J connectivity index is 2.12. The Morgan fingerprint density at radius 2 is 1.19 bits per heavy atom. The Hall–Kier alpha value is -0.799. The Bertz CT molecular complexity index is 944. The average molecular weight is 466 g/mol. The van der Waals surface area contributed by atoms with Crippen molar-refractivity contribution in [2.75, 3.05) is 0 Å². The molecule has 3 aromatic rings. The van der Waals surface area contributed by atoms with Crippen LogP contribution in [0, 0.1) is 0 Å². The molecule has 0 fully saturated rings. The van der Waals surface area contributed by atoms with Crippen molar-refractivity contribution in [3.8, 4) is 0 Å². The summed E-state index contributed by atoms with van der Waals surface area (Å²) in [5.41, 5.74) is 2.34. The van der Waals surface area contributed by atoms with Crippen LogP contribution in [0.1, 0.15) is 11.1 Å². The van der Waals surface area contributed by atoms with Crippen LogP contribution in [0.3, 0.4) is 0 Å². The van der Waals surface area contributed by atoms with E-state index in [0.717, 1.165) is 0 Å². The van der Waals surface area contributed by atoms with Gasteiger partial charge in [-0.25, -0.2) is 0 Å². The van der Waals surface area contributed by atoms with Gasteiger partial charge >= 0.3 is 178 Å². The van der Waals surface area contributed by atoms with E-state index in [1.54, 1.807) is 0 Å². The summed E-state index contributed by atoms with van der Waals surface area (Å²) in [5.74, 6) is 0. The number of benzene rings is 3. The molecule has 0 saturated heterocycles. The van der Waals surface area contributed by atoms with E-state index < -0.39 is 24.8 Å². The fourth-order valence-electron chi connectivity index (χ4n) is 4.44. The molecule has 27 heavy (non-hydrogen) atoms. The fraction of sp³-hybridized carbons (Fsp3) is 0.0909. The Labute approximate surface area is 176 Å². The first-order valence-electron chi connectivity index (χ1n) is 8.88. The molecule has 1 unspecified atom stereocenters. The summed E-state index contributed by atoms with van der Waals surface area (Å²) in [6.45, 7) is 2.36. The summed E-state index contributed by atoms with van der Waals surface area (Å²) in [5, 5.41) is 2.57. The summed E-state index contributed by atoms with van der Waals surface area (Å²) in [4.78, 5) is 0. The number of hydrogen-bond donors (Lipinski definition) is 0. The first-order valence-corrected chi connectivity index (χ1v) is 18.6. The normalized spacial score (nSPS) is 19.1. The number of allylic oxidation sites excluding steroid dienone is 1. The zero-order valence-electron chi connectivity index (χ0n) is 14.9. The van der Waals surface area contributed by atoms with Gasteiger partial charge in [0.1, 0.15) is 0 Å². The molecule has 0 aromatic heterocycles. The number of rotatable bonds is 4. The van der Waals surface area contributed by atoms with Gasteiger partial charge in [0.05, 0.1) is 0 Å². The molecule has 136 valence electrons. The van der Waals surface area contributed by atoms with E-state index in [0.29, 0.717) is 0 Å². The number of halogens is 3. The molecule has 0 saturated carbocycles. The number of hydrogen-bond acceptors (Lipinski definition) is 0. The van der Waals surface area contributed by atoms with Crippen LogP contribution < -0.4 is 10.4 Å². The van der Waals surface area contributed by atoms with Crippen LogP contribution in [0.15, 0.2) is 91.0 Å². The van der Waals surface area contributed by atoms with E-state index >= 15 is 0 Å². The molecule has 0 spiro atoms. The van der Waals surface area contributed by atoms with Crippen molar-refractivity contribution >= 4 is 52.4 Å². The first-order chi connectivity index (χ1) is 12.9. The van der Waals surface area contributed by atoms with Gasteiger partial charge in [-0.1, -0.05) is 0 Å². The van der Waals surface area contributed by atoms with Crippen LogP contribution in [0.2, 0.25) is 6.55 Å². The predicted molar refractivity (Wildman–Crippen MR) is 118 cm³/mol. The second-order valence-electron chi connectivity index (χ2n) is 7.08. The molecule has 0 aliphatic heterocycles. The third kappa shape index (κ3) is 2.92. The van der Waals surface area contributed by atoms with Crippen molar-refractivity contribution in [1.82, 2.24) is 0 Å². The van der Waals surface area contributed by atoms with E-state index in [1.807, 2.05) is 12.1 Å². The third-order valence-corrected chi connectivity index (χ3v) is 22.4. The molecule has 1 aliphatic carbocycles. The van der Waals surface area contributed by atoms with Crippen molar-refractivity contribution in [2.45, 2.75) is 9.89 Å². The molecule has 0 amide bonds. The standard InChI is InChI=1S/C22H19Si.3ClH.Ti/c1-23(19-11-4-2-5-12-19,20-13-6-3-7-14-20)22-17-16-18-10-8-9-15-21(18)22;;;;/h2-17H,1H3;3*1H;/q;;;;+3/p-3. The molecule has 3 aromatic carbocycles. The van der Waals surface area contributed by atoms with E-state index in [2.05, 4.69) is 91.5 Å². The van der Waals surface area contributed by atoms with Gasteiger partial charge in [0, 0.05) is 0 Å². The Morgan fingerprint density at radius 1 is 0.704 bits per heavy atom. The van der Waals surface area contributed by atoms with Crippen LogP contribution in [0.4, 0.5) is 0 Å². The van der Waals surface area contributed by atoms with Crippen LogP contribution in [-0.2, 0) is 16.7 Å². The van der Waals surface area contributed by atoms with Crippen LogP contribution in [-0.4, -0.2) is 8.07 Å². The van der Waals surface area contributed by atoms with Crippen molar-refractivity contribution < 1.29 is 13.4 Å². The van der Waals surface area contributed by atoms with Crippen molar-refractivity contribution in [2.24, 2.45) is 0 Å². The summed E-state index contributed by atoms with van der Waals surface area (Å²) in [7, 11) is 18.5. The molecule has 0 nitrogen and oxygen atoms in total. The molecule has 5 heteroatoms. The van der Waals surface area contributed by atoms with Gasteiger partial charge in [0.2, 0.25) is 0 Å². The molecular weight excluding hydrogens is 447 g/mol. The molecule has 0 N–H and O–H groups in total. The Morgan fingerprint density at radius 3 is 1.70 bits per heavy atom. The van der Waals surface area contributed by atoms with Crippen molar-refractivity contribution in [3.63, 3.8) is 0 Å². The van der Waals surface area contributed by atoms with Gasteiger partial charge < -0.3 is 0 Å². The second kappa shape index (κ2) is 7.22. The van der Waals surface area contributed by atoms with Crippen molar-refractivity contribution in [3.05, 3.63) is 102 Å². The summed E-state index contributed by atoms with van der Waals surface area (Å²) >= 11 is -3.84. The summed E-state index contributed by atoms with van der Waals surface area (Å²) in [6, 6.07) is 29.7. The van der Waals surface area contributed by atoms with E-state index in [1.165, 1.54) is 21.5 Å². The van der Waals surface area contributed by atoms with Gasteiger partial charge in [0.25, 0.3) is 0 Å². The van der Waals surface area contributed by atoms with E-state index in [9.17, 15) is 0 Å². The Kier molecular flexibility index (Phi) is 5.22. The maximum absolute atomic E-state index is 7.01. The van der Waals surface area contributed by atoms with Gasteiger partial charge in [0.15, 0.2) is 0 Å². The minimum atomic E-state index is -3.84. The summed E-state index contributed by atoms with van der Waals surface area (Å²) in [6.07, 6.45) is 4.37. The third-order valence-electron chi connectivity index (χ3n) is 5.84. The maximum atomic E-state index is 7.01. The molecule has 0 radical (unpaired) electrons. The number of fused-ring (bicyclic) bond motifs is 1. The first kappa shape index (κ1) is 19.5. The molecule has 0 bridgehead atoms. The second-order valence-corrected chi connectivity index (χ2v) is 24.2. The van der Waals surface area contributed by atoms with E-state index in [4.69, 9.17) is 27.9 Å². The van der Waals surface area contributed by atoms with E-state index in [-0.39, 0.29) is 0 Å². The van der Waals surface area contributed by atoms with Crippen molar-refractivity contribution in [1.29, 1.82) is 0 Å². The van der Waals surface area contributed by atoms with Crippen LogP contribution in [0.5, 0.6) is 0 Å². The molecule has 0 heterocycles. The topological polar surface area (TPSA) is 0 Å². The van der Waals surface area contributed by atoms with Gasteiger partial charge in [-0.2, -0.15) is 0 Å². The average Bonchev–Trinajstić information content (AvgIpc) is 3.10. The molecule has 1 aliphatic rings. The minimum absolute atomic E-state index is 0.531.